The Kier molecular flexibility index (Phi) is 4.52. The maximum atomic E-state index is 5.63. The Bertz CT molecular complexity index is 524. The number of nitrogens with zero attached hydrogens (tertiary/aromatic N) is 3. The molecule has 0 fully saturated rings. The van der Waals surface area contributed by atoms with Gasteiger partial charge in [0.15, 0.2) is 0 Å². The Labute approximate surface area is 113 Å². The predicted molar refractivity (Wildman–Crippen MR) is 74.1 cm³/mol. The molecule has 1 atom stereocenters. The fourth-order valence-electron chi connectivity index (χ4n) is 2.02. The van der Waals surface area contributed by atoms with Crippen LogP contribution in [0, 0.1) is 0 Å². The molecule has 2 rings (SSSR count). The van der Waals surface area contributed by atoms with Gasteiger partial charge in [0.25, 0.3) is 0 Å². The first-order valence-corrected chi connectivity index (χ1v) is 6.47. The molecule has 0 amide bonds. The van der Waals surface area contributed by atoms with Crippen LogP contribution in [-0.2, 0) is 7.05 Å². The molecule has 0 saturated heterocycles. The van der Waals surface area contributed by atoms with Crippen molar-refractivity contribution < 1.29 is 4.74 Å². The molecular weight excluding hydrogens is 240 g/mol. The zero-order valence-electron chi connectivity index (χ0n) is 11.6. The van der Waals surface area contributed by atoms with Crippen LogP contribution in [0.2, 0.25) is 0 Å². The molecule has 2 heterocycles. The van der Waals surface area contributed by atoms with Crippen LogP contribution in [0.4, 0.5) is 0 Å². The Morgan fingerprint density at radius 1 is 1.32 bits per heavy atom. The Balaban J connectivity index is 2.26. The second-order valence-electron chi connectivity index (χ2n) is 4.45. The quantitative estimate of drug-likeness (QED) is 0.862. The Hall–Kier alpha value is -1.88. The lowest BCUT2D eigenvalue weighted by atomic mass is 10.1. The van der Waals surface area contributed by atoms with Crippen LogP contribution in [-0.4, -0.2) is 28.2 Å². The van der Waals surface area contributed by atoms with Crippen LogP contribution in [0.5, 0.6) is 5.75 Å². The smallest absolute Gasteiger partial charge is 0.137 e. The van der Waals surface area contributed by atoms with Crippen LogP contribution in [0.1, 0.15) is 30.6 Å². The third-order valence-corrected chi connectivity index (χ3v) is 2.98. The van der Waals surface area contributed by atoms with Crippen LogP contribution >= 0.6 is 0 Å². The van der Waals surface area contributed by atoms with Crippen LogP contribution in [0.15, 0.2) is 31.0 Å². The van der Waals surface area contributed by atoms with E-state index < -0.39 is 0 Å². The molecule has 1 unspecified atom stereocenters. The normalized spacial score (nSPS) is 12.4. The van der Waals surface area contributed by atoms with Gasteiger partial charge in [-0.2, -0.15) is 0 Å². The summed E-state index contributed by atoms with van der Waals surface area (Å²) in [7, 11) is 3.91. The Morgan fingerprint density at radius 3 is 2.79 bits per heavy atom. The van der Waals surface area contributed by atoms with Crippen molar-refractivity contribution in [3.63, 3.8) is 0 Å². The van der Waals surface area contributed by atoms with E-state index in [0.717, 1.165) is 23.4 Å². The molecule has 5 heteroatoms. The lowest BCUT2D eigenvalue weighted by molar-refractivity contribution is 0.315. The van der Waals surface area contributed by atoms with E-state index in [1.807, 2.05) is 37.1 Å². The van der Waals surface area contributed by atoms with E-state index in [9.17, 15) is 0 Å². The maximum absolute atomic E-state index is 5.63. The minimum absolute atomic E-state index is 0.0603. The monoisotopic (exact) mass is 260 g/mol. The number of pyridine rings is 1. The second kappa shape index (κ2) is 6.33. The fraction of sp³-hybridized carbons (Fsp3) is 0.429. The van der Waals surface area contributed by atoms with Gasteiger partial charge in [-0.15, -0.1) is 0 Å². The van der Waals surface area contributed by atoms with Crippen molar-refractivity contribution in [1.29, 1.82) is 0 Å². The van der Waals surface area contributed by atoms with E-state index in [0.29, 0.717) is 6.61 Å². The van der Waals surface area contributed by atoms with Gasteiger partial charge in [0, 0.05) is 13.2 Å². The van der Waals surface area contributed by atoms with Crippen molar-refractivity contribution >= 4 is 0 Å². The number of ether oxygens (including phenoxy) is 1. The molecule has 0 saturated carbocycles. The number of aryl methyl sites for hydroxylation is 1. The third kappa shape index (κ3) is 3.12. The maximum Gasteiger partial charge on any atom is 0.137 e. The molecule has 0 radical (unpaired) electrons. The van der Waals surface area contributed by atoms with Crippen molar-refractivity contribution in [2.75, 3.05) is 13.7 Å². The number of hydrogen-bond acceptors (Lipinski definition) is 4. The van der Waals surface area contributed by atoms with Gasteiger partial charge in [-0.05, 0) is 25.1 Å². The van der Waals surface area contributed by atoms with Gasteiger partial charge >= 0.3 is 0 Å². The summed E-state index contributed by atoms with van der Waals surface area (Å²) in [5.74, 6) is 0.807. The lowest BCUT2D eigenvalue weighted by Crippen LogP contribution is -2.20. The van der Waals surface area contributed by atoms with E-state index in [2.05, 4.69) is 22.2 Å². The summed E-state index contributed by atoms with van der Waals surface area (Å²) in [5, 5.41) is 3.29. The van der Waals surface area contributed by atoms with Crippen LogP contribution < -0.4 is 10.1 Å². The van der Waals surface area contributed by atoms with E-state index in [4.69, 9.17) is 4.74 Å². The number of nitrogens with one attached hydrogen (secondary N) is 1. The van der Waals surface area contributed by atoms with E-state index in [-0.39, 0.29) is 6.04 Å². The summed E-state index contributed by atoms with van der Waals surface area (Å²) >= 11 is 0. The molecule has 2 aromatic rings. The topological polar surface area (TPSA) is 52.0 Å². The first-order chi connectivity index (χ1) is 9.26. The fourth-order valence-corrected chi connectivity index (χ4v) is 2.02. The SMILES string of the molecule is CCCOc1cncc(C(NC)c2cncn2C)c1. The molecule has 19 heavy (non-hydrogen) atoms. The van der Waals surface area contributed by atoms with Crippen LogP contribution in [0.25, 0.3) is 0 Å². The van der Waals surface area contributed by atoms with Gasteiger partial charge in [0.2, 0.25) is 0 Å². The number of rotatable bonds is 6. The third-order valence-electron chi connectivity index (χ3n) is 2.98. The highest BCUT2D eigenvalue weighted by molar-refractivity contribution is 5.31. The largest absolute Gasteiger partial charge is 0.492 e. The van der Waals surface area contributed by atoms with Crippen LogP contribution in [0.3, 0.4) is 0 Å². The van der Waals surface area contributed by atoms with Crippen molar-refractivity contribution in [3.8, 4) is 5.75 Å². The molecular formula is C14H20N4O. The molecule has 102 valence electrons. The van der Waals surface area contributed by atoms with Crippen molar-refractivity contribution in [3.05, 3.63) is 42.2 Å². The van der Waals surface area contributed by atoms with Gasteiger partial charge in [-0.3, -0.25) is 4.98 Å². The lowest BCUT2D eigenvalue weighted by Gasteiger charge is -2.17. The Morgan fingerprint density at radius 2 is 2.16 bits per heavy atom. The molecule has 2 aromatic heterocycles. The zero-order chi connectivity index (χ0) is 13.7. The van der Waals surface area contributed by atoms with E-state index in [1.54, 1.807) is 12.5 Å². The zero-order valence-corrected chi connectivity index (χ0v) is 11.6. The van der Waals surface area contributed by atoms with Gasteiger partial charge in [-0.25, -0.2) is 4.98 Å². The van der Waals surface area contributed by atoms with Crippen molar-refractivity contribution in [2.24, 2.45) is 7.05 Å². The van der Waals surface area contributed by atoms with Gasteiger partial charge in [0.1, 0.15) is 5.75 Å². The molecule has 0 aromatic carbocycles. The summed E-state index contributed by atoms with van der Waals surface area (Å²) < 4.78 is 7.63. The van der Waals surface area contributed by atoms with Gasteiger partial charge < -0.3 is 14.6 Å². The molecule has 0 aliphatic rings. The average molecular weight is 260 g/mol. The average Bonchev–Trinajstić information content (AvgIpc) is 2.84. The standard InChI is InChI=1S/C14H20N4O/c1-4-5-19-12-6-11(7-16-8-12)14(15-2)13-9-17-10-18(13)3/h6-10,14-15H,4-5H2,1-3H3. The first-order valence-electron chi connectivity index (χ1n) is 6.47. The summed E-state index contributed by atoms with van der Waals surface area (Å²) in [5.41, 5.74) is 2.16. The van der Waals surface area contributed by atoms with E-state index >= 15 is 0 Å². The molecule has 0 aliphatic carbocycles. The molecule has 1 N–H and O–H groups in total. The number of hydrogen-bond donors (Lipinski definition) is 1. The molecule has 0 aliphatic heterocycles. The summed E-state index contributed by atoms with van der Waals surface area (Å²) in [4.78, 5) is 8.41. The highest BCUT2D eigenvalue weighted by atomic mass is 16.5. The summed E-state index contributed by atoms with van der Waals surface area (Å²) in [6, 6.07) is 2.08. The van der Waals surface area contributed by atoms with Crippen molar-refractivity contribution in [2.45, 2.75) is 19.4 Å². The van der Waals surface area contributed by atoms with Crippen molar-refractivity contribution in [1.82, 2.24) is 19.9 Å². The summed E-state index contributed by atoms with van der Waals surface area (Å²) in [6.07, 6.45) is 8.24. The first kappa shape index (κ1) is 13.5. The molecule has 0 bridgehead atoms. The minimum atomic E-state index is 0.0603. The highest BCUT2D eigenvalue weighted by Crippen LogP contribution is 2.23. The minimum Gasteiger partial charge on any atom is -0.492 e. The van der Waals surface area contributed by atoms with E-state index in [1.165, 1.54) is 0 Å². The molecule has 0 spiro atoms. The molecule has 5 nitrogen and oxygen atoms in total. The number of aromatic nitrogens is 3. The highest BCUT2D eigenvalue weighted by Gasteiger charge is 2.16. The number of imidazole rings is 1. The predicted octanol–water partition coefficient (Wildman–Crippen LogP) is 1.91. The summed E-state index contributed by atoms with van der Waals surface area (Å²) in [6.45, 7) is 2.80. The second-order valence-corrected chi connectivity index (χ2v) is 4.45. The van der Waals surface area contributed by atoms with Gasteiger partial charge in [-0.1, -0.05) is 6.92 Å². The van der Waals surface area contributed by atoms with Gasteiger partial charge in [0.05, 0.1) is 37.1 Å².